The van der Waals surface area contributed by atoms with Gasteiger partial charge < -0.3 is 74.8 Å². The number of amides is 2. The fraction of sp³-hybridized carbons (Fsp3) is 0.840. The normalized spacial score (nSPS) is 41.2. The van der Waals surface area contributed by atoms with E-state index in [0.717, 1.165) is 13.8 Å². The molecule has 22 heteroatoms. The minimum atomic E-state index is -5.14. The summed E-state index contributed by atoms with van der Waals surface area (Å²) in [5, 5.41) is 77.8. The van der Waals surface area contributed by atoms with E-state index in [1.165, 1.54) is 6.08 Å². The van der Waals surface area contributed by atoms with Gasteiger partial charge in [-0.3, -0.25) is 14.1 Å². The van der Waals surface area contributed by atoms with Gasteiger partial charge in [-0.1, -0.05) is 6.08 Å². The summed E-state index contributed by atoms with van der Waals surface area (Å²) in [6.45, 7) is 2.90. The third-order valence-electron chi connectivity index (χ3n) is 7.46. The zero-order chi connectivity index (χ0) is 35.2. The number of aliphatic hydroxyl groups excluding tert-OH is 7. The summed E-state index contributed by atoms with van der Waals surface area (Å²) in [5.41, 5.74) is 0. The Morgan fingerprint density at radius 1 is 0.745 bits per heavy atom. The minimum Gasteiger partial charge on any atom is -0.394 e. The molecule has 3 heterocycles. The van der Waals surface area contributed by atoms with Gasteiger partial charge in [0.1, 0.15) is 73.1 Å². The van der Waals surface area contributed by atoms with Gasteiger partial charge in [-0.25, -0.2) is 4.18 Å². The molecular weight excluding hydrogens is 664 g/mol. The Hall–Kier alpha value is -1.97. The number of carbonyl (C=O) groups excluding carboxylic acids is 2. The number of ether oxygens (including phenoxy) is 6. The highest BCUT2D eigenvalue weighted by Gasteiger charge is 2.54. The van der Waals surface area contributed by atoms with E-state index in [0.29, 0.717) is 0 Å². The first-order chi connectivity index (χ1) is 22.0. The van der Waals surface area contributed by atoms with Crippen molar-refractivity contribution in [1.82, 2.24) is 10.6 Å². The average Bonchev–Trinajstić information content (AvgIpc) is 2.99. The Morgan fingerprint density at radius 3 is 1.74 bits per heavy atom. The molecule has 3 aliphatic rings. The van der Waals surface area contributed by atoms with Gasteiger partial charge in [-0.2, -0.15) is 8.42 Å². The Balaban J connectivity index is 1.96. The number of nitrogens with one attached hydrogen (secondary N) is 2. The molecule has 0 spiro atoms. The van der Waals surface area contributed by atoms with Crippen LogP contribution in [0.4, 0.5) is 0 Å². The molecule has 0 aromatic rings. The molecule has 0 aliphatic carbocycles. The average molecular weight is 707 g/mol. The maximum Gasteiger partial charge on any atom is 0.397 e. The van der Waals surface area contributed by atoms with Gasteiger partial charge >= 0.3 is 10.4 Å². The lowest BCUT2D eigenvalue weighted by atomic mass is 9.94. The van der Waals surface area contributed by atoms with Crippen LogP contribution in [0.5, 0.6) is 0 Å². The lowest BCUT2D eigenvalue weighted by Gasteiger charge is -2.49. The molecule has 21 nitrogen and oxygen atoms in total. The number of hydrogen-bond acceptors (Lipinski definition) is 18. The maximum absolute atomic E-state index is 12.2. The van der Waals surface area contributed by atoms with Gasteiger partial charge in [-0.15, -0.1) is 6.58 Å². The van der Waals surface area contributed by atoms with Gasteiger partial charge in [-0.05, 0) is 0 Å². The van der Waals surface area contributed by atoms with E-state index in [1.807, 2.05) is 0 Å². The highest BCUT2D eigenvalue weighted by molar-refractivity contribution is 7.80. The molecule has 0 radical (unpaired) electrons. The third kappa shape index (κ3) is 10.0. The summed E-state index contributed by atoms with van der Waals surface area (Å²) in [6, 6.07) is -2.93. The van der Waals surface area contributed by atoms with Gasteiger partial charge in [0.05, 0.1) is 26.4 Å². The van der Waals surface area contributed by atoms with Crippen molar-refractivity contribution in [2.24, 2.45) is 0 Å². The van der Waals surface area contributed by atoms with Crippen LogP contribution >= 0.6 is 0 Å². The van der Waals surface area contributed by atoms with Crippen molar-refractivity contribution < 1.29 is 90.9 Å². The predicted octanol–water partition coefficient (Wildman–Crippen LogP) is -6.25. The Kier molecular flexibility index (Phi) is 14.4. The second-order valence-corrected chi connectivity index (χ2v) is 12.0. The van der Waals surface area contributed by atoms with Crippen molar-refractivity contribution >= 4 is 22.2 Å². The standard InChI is InChI=1S/C25H42N2O19S/c1-4-5-40-23-14(26-9(2)30)17(33)21(12(7-29)43-23)45-24-15(27-10(3)31)18(34)22(13(44-24)8-41-47(37,38)39)46-25-20(36)19(35)16(32)11(6-28)42-25/h4,11-25,28-29,32-36H,1,5-8H2,2-3H3,(H,26,30)(H,27,31)(H,37,38,39)/t11-,12-,13-,14-,15-,16+,17-,18-,19+,20-,21-,22-,23+,24+,25+/m1/s1. The van der Waals surface area contributed by atoms with Crippen LogP contribution in [0.25, 0.3) is 0 Å². The zero-order valence-electron chi connectivity index (χ0n) is 25.2. The Bertz CT molecular complexity index is 1160. The quantitative estimate of drug-likeness (QED) is 0.0593. The van der Waals surface area contributed by atoms with E-state index in [2.05, 4.69) is 21.4 Å². The summed E-state index contributed by atoms with van der Waals surface area (Å²) in [7, 11) is -5.14. The Labute approximate surface area is 268 Å². The van der Waals surface area contributed by atoms with Crippen molar-refractivity contribution in [3.8, 4) is 0 Å². The fourth-order valence-electron chi connectivity index (χ4n) is 5.30. The summed E-state index contributed by atoms with van der Waals surface area (Å²) in [5.74, 6) is -1.37. The second kappa shape index (κ2) is 17.1. The van der Waals surface area contributed by atoms with Crippen LogP contribution in [0, 0.1) is 0 Å². The minimum absolute atomic E-state index is 0.0784. The van der Waals surface area contributed by atoms with E-state index in [-0.39, 0.29) is 6.61 Å². The van der Waals surface area contributed by atoms with Crippen molar-refractivity contribution in [1.29, 1.82) is 0 Å². The van der Waals surface area contributed by atoms with Gasteiger partial charge in [0.25, 0.3) is 0 Å². The fourth-order valence-corrected chi connectivity index (χ4v) is 5.60. The first-order valence-electron chi connectivity index (χ1n) is 14.3. The topological polar surface area (TPSA) is 319 Å². The molecule has 3 rings (SSSR count). The summed E-state index contributed by atoms with van der Waals surface area (Å²) in [4.78, 5) is 24.1. The molecule has 0 bridgehead atoms. The molecule has 47 heavy (non-hydrogen) atoms. The SMILES string of the molecule is C=CCO[C@H]1O[C@H](CO)[C@@H](O[C@@H]2O[C@H](COS(=O)(=O)O)[C@@H](O[C@@H]3O[C@H](CO)[C@H](O)[C@H](O)[C@H]3O)[C@H](O)[C@H]2NC(C)=O)[C@H](O)[C@H]1NC(C)=O. The maximum atomic E-state index is 12.2. The molecule has 2 amide bonds. The lowest BCUT2D eigenvalue weighted by molar-refractivity contribution is -0.361. The predicted molar refractivity (Wildman–Crippen MR) is 149 cm³/mol. The van der Waals surface area contributed by atoms with Crippen molar-refractivity contribution in [2.45, 2.75) is 106 Å². The summed E-state index contributed by atoms with van der Waals surface area (Å²) >= 11 is 0. The molecule has 10 N–H and O–H groups in total. The van der Waals surface area contributed by atoms with Crippen molar-refractivity contribution in [3.63, 3.8) is 0 Å². The second-order valence-electron chi connectivity index (χ2n) is 10.9. The van der Waals surface area contributed by atoms with Gasteiger partial charge in [0, 0.05) is 13.8 Å². The molecule has 3 fully saturated rings. The van der Waals surface area contributed by atoms with Crippen LogP contribution in [0.15, 0.2) is 12.7 Å². The van der Waals surface area contributed by atoms with Crippen LogP contribution in [-0.2, 0) is 52.6 Å². The van der Waals surface area contributed by atoms with Crippen LogP contribution in [0.2, 0.25) is 0 Å². The number of hydrogen-bond donors (Lipinski definition) is 10. The van der Waals surface area contributed by atoms with Crippen molar-refractivity contribution in [3.05, 3.63) is 12.7 Å². The van der Waals surface area contributed by atoms with Crippen molar-refractivity contribution in [2.75, 3.05) is 26.4 Å². The monoisotopic (exact) mass is 706 g/mol. The molecule has 0 aromatic heterocycles. The molecule has 0 saturated carbocycles. The van der Waals surface area contributed by atoms with Crippen LogP contribution < -0.4 is 10.6 Å². The molecule has 0 aromatic carbocycles. The molecule has 0 unspecified atom stereocenters. The number of aliphatic hydroxyl groups is 7. The van der Waals surface area contributed by atoms with E-state index in [1.54, 1.807) is 0 Å². The first-order valence-corrected chi connectivity index (χ1v) is 15.7. The van der Waals surface area contributed by atoms with Crippen LogP contribution in [0.1, 0.15) is 13.8 Å². The smallest absolute Gasteiger partial charge is 0.394 e. The third-order valence-corrected chi connectivity index (χ3v) is 7.89. The largest absolute Gasteiger partial charge is 0.397 e. The molecule has 272 valence electrons. The molecular formula is C25H42N2O19S. The van der Waals surface area contributed by atoms with E-state index < -0.39 is 134 Å². The molecule has 3 saturated heterocycles. The Morgan fingerprint density at radius 2 is 1.23 bits per heavy atom. The van der Waals surface area contributed by atoms with Gasteiger partial charge in [0.2, 0.25) is 11.8 Å². The first kappa shape index (κ1) is 39.5. The lowest BCUT2D eigenvalue weighted by Crippen LogP contribution is -2.70. The molecule has 3 aliphatic heterocycles. The van der Waals surface area contributed by atoms with Crippen LogP contribution in [-0.4, -0.2) is 179 Å². The number of carbonyl (C=O) groups is 2. The highest BCUT2D eigenvalue weighted by atomic mass is 32.3. The van der Waals surface area contributed by atoms with E-state index >= 15 is 0 Å². The van der Waals surface area contributed by atoms with Crippen LogP contribution in [0.3, 0.4) is 0 Å². The highest BCUT2D eigenvalue weighted by Crippen LogP contribution is 2.33. The summed E-state index contributed by atoms with van der Waals surface area (Å²) in [6.07, 6.45) is -21.0. The summed E-state index contributed by atoms with van der Waals surface area (Å²) < 4.78 is 70.3. The number of rotatable bonds is 14. The van der Waals surface area contributed by atoms with Gasteiger partial charge in [0.15, 0.2) is 18.9 Å². The molecule has 15 atom stereocenters. The zero-order valence-corrected chi connectivity index (χ0v) is 26.1. The van der Waals surface area contributed by atoms with E-state index in [9.17, 15) is 58.3 Å². The van der Waals surface area contributed by atoms with E-state index in [4.69, 9.17) is 28.4 Å².